The molecular weight excluding hydrogens is 314 g/mol. The van der Waals surface area contributed by atoms with Gasteiger partial charge < -0.3 is 10.6 Å². The van der Waals surface area contributed by atoms with Gasteiger partial charge in [0.2, 0.25) is 5.91 Å². The lowest BCUT2D eigenvalue weighted by Crippen LogP contribution is -2.29. The maximum Gasteiger partial charge on any atom is 0.239 e. The first-order valence-corrected chi connectivity index (χ1v) is 7.01. The van der Waals surface area contributed by atoms with Crippen molar-refractivity contribution in [3.8, 4) is 0 Å². The van der Waals surface area contributed by atoms with Crippen molar-refractivity contribution in [1.29, 1.82) is 0 Å². The number of nitrogens with one attached hydrogen (secondary N) is 2. The van der Waals surface area contributed by atoms with Crippen LogP contribution in [0.5, 0.6) is 0 Å². The van der Waals surface area contributed by atoms with Crippen molar-refractivity contribution in [3.63, 3.8) is 0 Å². The molecule has 0 aliphatic heterocycles. The van der Waals surface area contributed by atoms with E-state index in [0.717, 1.165) is 0 Å². The van der Waals surface area contributed by atoms with Crippen LogP contribution in [0.3, 0.4) is 0 Å². The molecule has 1 amide bonds. The van der Waals surface area contributed by atoms with E-state index >= 15 is 0 Å². The monoisotopic (exact) mass is 326 g/mol. The van der Waals surface area contributed by atoms with Crippen molar-refractivity contribution < 1.29 is 9.18 Å². The number of carbonyl (C=O) groups is 1. The second-order valence-electron chi connectivity index (χ2n) is 4.32. The summed E-state index contributed by atoms with van der Waals surface area (Å²) in [6, 6.07) is 11.4. The number of halogens is 3. The van der Waals surface area contributed by atoms with Crippen LogP contribution < -0.4 is 10.6 Å². The lowest BCUT2D eigenvalue weighted by atomic mass is 10.2. The molecule has 0 atom stereocenters. The molecular formula is C15H13Cl2FN2O. The van der Waals surface area contributed by atoms with Gasteiger partial charge in [-0.05, 0) is 18.2 Å². The first kappa shape index (κ1) is 15.6. The van der Waals surface area contributed by atoms with E-state index in [4.69, 9.17) is 23.2 Å². The molecule has 0 saturated carbocycles. The Morgan fingerprint density at radius 3 is 2.62 bits per heavy atom. The fraction of sp³-hybridized carbons (Fsp3) is 0.133. The summed E-state index contributed by atoms with van der Waals surface area (Å²) in [7, 11) is 0. The van der Waals surface area contributed by atoms with Crippen LogP contribution in [0.4, 0.5) is 10.1 Å². The Morgan fingerprint density at radius 2 is 1.86 bits per heavy atom. The molecule has 21 heavy (non-hydrogen) atoms. The molecule has 0 saturated heterocycles. The van der Waals surface area contributed by atoms with Crippen molar-refractivity contribution in [2.75, 3.05) is 11.9 Å². The van der Waals surface area contributed by atoms with Gasteiger partial charge in [-0.2, -0.15) is 0 Å². The summed E-state index contributed by atoms with van der Waals surface area (Å²) in [5, 5.41) is 6.28. The van der Waals surface area contributed by atoms with Crippen molar-refractivity contribution in [2.45, 2.75) is 6.54 Å². The van der Waals surface area contributed by atoms with E-state index in [1.165, 1.54) is 6.07 Å². The highest BCUT2D eigenvalue weighted by molar-refractivity contribution is 6.43. The molecule has 2 N–H and O–H groups in total. The average Bonchev–Trinajstić information content (AvgIpc) is 2.48. The second-order valence-corrected chi connectivity index (χ2v) is 5.11. The zero-order valence-corrected chi connectivity index (χ0v) is 12.5. The van der Waals surface area contributed by atoms with Crippen LogP contribution in [0.2, 0.25) is 10.0 Å². The molecule has 2 aromatic rings. The zero-order chi connectivity index (χ0) is 15.2. The SMILES string of the molecule is O=C(CNc1cccc(Cl)c1Cl)NCc1ccccc1F. The molecule has 3 nitrogen and oxygen atoms in total. The molecule has 0 radical (unpaired) electrons. The van der Waals surface area contributed by atoms with Crippen molar-refractivity contribution in [2.24, 2.45) is 0 Å². The van der Waals surface area contributed by atoms with E-state index in [1.54, 1.807) is 36.4 Å². The fourth-order valence-corrected chi connectivity index (χ4v) is 2.08. The van der Waals surface area contributed by atoms with E-state index in [1.807, 2.05) is 0 Å². The number of carbonyl (C=O) groups excluding carboxylic acids is 1. The molecule has 6 heteroatoms. The van der Waals surface area contributed by atoms with Crippen LogP contribution >= 0.6 is 23.2 Å². The van der Waals surface area contributed by atoms with Crippen LogP contribution in [-0.4, -0.2) is 12.5 Å². The van der Waals surface area contributed by atoms with Gasteiger partial charge in [0.15, 0.2) is 0 Å². The molecule has 0 aliphatic rings. The second kappa shape index (κ2) is 7.29. The highest BCUT2D eigenvalue weighted by atomic mass is 35.5. The van der Waals surface area contributed by atoms with Crippen LogP contribution in [0.1, 0.15) is 5.56 Å². The van der Waals surface area contributed by atoms with E-state index in [9.17, 15) is 9.18 Å². The minimum Gasteiger partial charge on any atom is -0.375 e. The lowest BCUT2D eigenvalue weighted by Gasteiger charge is -2.10. The molecule has 0 spiro atoms. The summed E-state index contributed by atoms with van der Waals surface area (Å²) in [5.41, 5.74) is 1.01. The minimum atomic E-state index is -0.344. The summed E-state index contributed by atoms with van der Waals surface area (Å²) >= 11 is 11.9. The first-order chi connectivity index (χ1) is 10.1. The smallest absolute Gasteiger partial charge is 0.239 e. The largest absolute Gasteiger partial charge is 0.375 e. The first-order valence-electron chi connectivity index (χ1n) is 6.26. The molecule has 0 fully saturated rings. The number of amides is 1. The Bertz CT molecular complexity index is 649. The van der Waals surface area contributed by atoms with Crippen molar-refractivity contribution in [1.82, 2.24) is 5.32 Å². The van der Waals surface area contributed by atoms with Crippen molar-refractivity contribution >= 4 is 34.8 Å². The molecule has 0 unspecified atom stereocenters. The van der Waals surface area contributed by atoms with Gasteiger partial charge >= 0.3 is 0 Å². The topological polar surface area (TPSA) is 41.1 Å². The van der Waals surface area contributed by atoms with Crippen LogP contribution in [0.25, 0.3) is 0 Å². The number of rotatable bonds is 5. The van der Waals surface area contributed by atoms with Gasteiger partial charge in [0.1, 0.15) is 5.82 Å². The molecule has 0 aliphatic carbocycles. The van der Waals surface area contributed by atoms with Gasteiger partial charge in [0, 0.05) is 12.1 Å². The maximum atomic E-state index is 13.4. The van der Waals surface area contributed by atoms with E-state index < -0.39 is 0 Å². The number of benzene rings is 2. The van der Waals surface area contributed by atoms with Crippen LogP contribution in [0, 0.1) is 5.82 Å². The van der Waals surface area contributed by atoms with Gasteiger partial charge in [-0.1, -0.05) is 47.5 Å². The standard InChI is InChI=1S/C15H13Cl2FN2O/c16-11-5-3-7-13(15(11)17)19-9-14(21)20-8-10-4-1-2-6-12(10)18/h1-7,19H,8-9H2,(H,20,21). The Kier molecular flexibility index (Phi) is 5.42. The highest BCUT2D eigenvalue weighted by Gasteiger charge is 2.07. The molecule has 0 heterocycles. The third kappa shape index (κ3) is 4.34. The molecule has 2 rings (SSSR count). The molecule has 0 aromatic heterocycles. The van der Waals surface area contributed by atoms with Gasteiger partial charge in [-0.25, -0.2) is 4.39 Å². The summed E-state index contributed by atoms with van der Waals surface area (Å²) in [6.07, 6.45) is 0. The normalized spacial score (nSPS) is 10.2. The molecule has 110 valence electrons. The van der Waals surface area contributed by atoms with Gasteiger partial charge in [-0.15, -0.1) is 0 Å². The Balaban J connectivity index is 1.85. The predicted molar refractivity (Wildman–Crippen MR) is 83.2 cm³/mol. The third-order valence-corrected chi connectivity index (χ3v) is 3.64. The van der Waals surface area contributed by atoms with E-state index in [0.29, 0.717) is 21.3 Å². The third-order valence-electron chi connectivity index (χ3n) is 2.82. The van der Waals surface area contributed by atoms with Gasteiger partial charge in [0.05, 0.1) is 22.3 Å². The quantitative estimate of drug-likeness (QED) is 0.875. The van der Waals surface area contributed by atoms with E-state index in [-0.39, 0.29) is 24.8 Å². The van der Waals surface area contributed by atoms with Gasteiger partial charge in [0.25, 0.3) is 0 Å². The minimum absolute atomic E-state index is 0.0223. The Labute approximate surface area is 132 Å². The summed E-state index contributed by atoms with van der Waals surface area (Å²) in [4.78, 5) is 11.7. The Hall–Kier alpha value is -1.78. The Morgan fingerprint density at radius 1 is 1.10 bits per heavy atom. The number of hydrogen-bond acceptors (Lipinski definition) is 2. The fourth-order valence-electron chi connectivity index (χ4n) is 1.71. The molecule has 0 bridgehead atoms. The zero-order valence-electron chi connectivity index (χ0n) is 11.0. The van der Waals surface area contributed by atoms with Crippen LogP contribution in [-0.2, 0) is 11.3 Å². The van der Waals surface area contributed by atoms with Gasteiger partial charge in [-0.3, -0.25) is 4.79 Å². The predicted octanol–water partition coefficient (Wildman–Crippen LogP) is 3.86. The number of hydrogen-bond donors (Lipinski definition) is 2. The van der Waals surface area contributed by atoms with Crippen molar-refractivity contribution in [3.05, 3.63) is 63.9 Å². The lowest BCUT2D eigenvalue weighted by molar-refractivity contribution is -0.119. The van der Waals surface area contributed by atoms with E-state index in [2.05, 4.69) is 10.6 Å². The van der Waals surface area contributed by atoms with Crippen LogP contribution in [0.15, 0.2) is 42.5 Å². The summed E-state index contributed by atoms with van der Waals surface area (Å²) in [5.74, 6) is -0.613. The number of anilines is 1. The summed E-state index contributed by atoms with van der Waals surface area (Å²) in [6.45, 7) is 0.158. The maximum absolute atomic E-state index is 13.4. The summed E-state index contributed by atoms with van der Waals surface area (Å²) < 4.78 is 13.4. The highest BCUT2D eigenvalue weighted by Crippen LogP contribution is 2.29. The molecule has 2 aromatic carbocycles. The average molecular weight is 327 g/mol.